The number of aromatic nitrogens is 3. The Hall–Kier alpha value is -1.42. The average molecular weight is 203 g/mol. The number of rotatable bonds is 2. The van der Waals surface area contributed by atoms with E-state index in [4.69, 9.17) is 4.74 Å². The Kier molecular flexibility index (Phi) is 2.14. The zero-order chi connectivity index (χ0) is 10.1. The SMILES string of the molecule is c1cnc2nn(CC3CCOC3)cc2c1. The maximum Gasteiger partial charge on any atom is 0.181 e. The molecule has 3 heterocycles. The van der Waals surface area contributed by atoms with Gasteiger partial charge in [-0.25, -0.2) is 4.98 Å². The van der Waals surface area contributed by atoms with E-state index in [2.05, 4.69) is 16.3 Å². The van der Waals surface area contributed by atoms with Crippen molar-refractivity contribution in [1.29, 1.82) is 0 Å². The minimum absolute atomic E-state index is 0.610. The fourth-order valence-electron chi connectivity index (χ4n) is 1.99. The average Bonchev–Trinajstić information content (AvgIpc) is 2.86. The van der Waals surface area contributed by atoms with Gasteiger partial charge in [0, 0.05) is 36.8 Å². The Morgan fingerprint density at radius 3 is 3.33 bits per heavy atom. The summed E-state index contributed by atoms with van der Waals surface area (Å²) < 4.78 is 7.33. The number of hydrogen-bond acceptors (Lipinski definition) is 3. The largest absolute Gasteiger partial charge is 0.381 e. The van der Waals surface area contributed by atoms with Crippen LogP contribution in [0.3, 0.4) is 0 Å². The van der Waals surface area contributed by atoms with Gasteiger partial charge in [0.25, 0.3) is 0 Å². The molecule has 4 heteroatoms. The summed E-state index contributed by atoms with van der Waals surface area (Å²) in [5.41, 5.74) is 0.830. The summed E-state index contributed by atoms with van der Waals surface area (Å²) in [5.74, 6) is 0.610. The number of fused-ring (bicyclic) bond motifs is 1. The van der Waals surface area contributed by atoms with Gasteiger partial charge in [-0.1, -0.05) is 0 Å². The molecule has 3 rings (SSSR count). The van der Waals surface area contributed by atoms with Crippen LogP contribution >= 0.6 is 0 Å². The Balaban J connectivity index is 1.84. The van der Waals surface area contributed by atoms with Gasteiger partial charge < -0.3 is 4.74 Å². The molecular formula is C11H13N3O. The Bertz CT molecular complexity index is 427. The lowest BCUT2D eigenvalue weighted by Gasteiger charge is -2.05. The molecule has 2 aromatic rings. The maximum absolute atomic E-state index is 5.35. The molecule has 1 atom stereocenters. The fourth-order valence-corrected chi connectivity index (χ4v) is 1.99. The molecule has 78 valence electrons. The van der Waals surface area contributed by atoms with Gasteiger partial charge in [0.1, 0.15) is 0 Å². The maximum atomic E-state index is 5.35. The number of ether oxygens (including phenoxy) is 1. The summed E-state index contributed by atoms with van der Waals surface area (Å²) in [6.07, 6.45) is 4.97. The van der Waals surface area contributed by atoms with Crippen molar-refractivity contribution in [2.24, 2.45) is 5.92 Å². The van der Waals surface area contributed by atoms with Crippen LogP contribution < -0.4 is 0 Å². The van der Waals surface area contributed by atoms with Crippen LogP contribution in [0.5, 0.6) is 0 Å². The van der Waals surface area contributed by atoms with Crippen molar-refractivity contribution in [3.63, 3.8) is 0 Å². The van der Waals surface area contributed by atoms with Crippen LogP contribution in [-0.2, 0) is 11.3 Å². The predicted molar refractivity (Wildman–Crippen MR) is 56.5 cm³/mol. The van der Waals surface area contributed by atoms with Crippen molar-refractivity contribution in [2.75, 3.05) is 13.2 Å². The molecular weight excluding hydrogens is 190 g/mol. The molecule has 0 aromatic carbocycles. The Morgan fingerprint density at radius 2 is 2.53 bits per heavy atom. The van der Waals surface area contributed by atoms with Gasteiger partial charge in [-0.15, -0.1) is 0 Å². The van der Waals surface area contributed by atoms with Crippen molar-refractivity contribution >= 4 is 11.0 Å². The molecule has 1 saturated heterocycles. The highest BCUT2D eigenvalue weighted by molar-refractivity contribution is 5.73. The zero-order valence-corrected chi connectivity index (χ0v) is 8.47. The molecule has 1 aliphatic rings. The van der Waals surface area contributed by atoms with Crippen molar-refractivity contribution < 1.29 is 4.74 Å². The molecule has 1 fully saturated rings. The smallest absolute Gasteiger partial charge is 0.181 e. The van der Waals surface area contributed by atoms with E-state index in [0.717, 1.165) is 37.2 Å². The standard InChI is InChI=1S/C11H13N3O/c1-2-10-7-14(13-11(10)12-4-1)6-9-3-5-15-8-9/h1-2,4,7,9H,3,5-6,8H2. The molecule has 0 saturated carbocycles. The van der Waals surface area contributed by atoms with Crippen molar-refractivity contribution in [2.45, 2.75) is 13.0 Å². The molecule has 0 spiro atoms. The van der Waals surface area contributed by atoms with E-state index in [1.165, 1.54) is 0 Å². The van der Waals surface area contributed by atoms with Crippen molar-refractivity contribution in [3.05, 3.63) is 24.5 Å². The summed E-state index contributed by atoms with van der Waals surface area (Å²) in [6.45, 7) is 2.70. The highest BCUT2D eigenvalue weighted by atomic mass is 16.5. The first-order chi connectivity index (χ1) is 7.42. The van der Waals surface area contributed by atoms with Crippen molar-refractivity contribution in [3.8, 4) is 0 Å². The van der Waals surface area contributed by atoms with E-state index >= 15 is 0 Å². The Labute approximate surface area is 87.9 Å². The lowest BCUT2D eigenvalue weighted by Crippen LogP contribution is -2.10. The summed E-state index contributed by atoms with van der Waals surface area (Å²) >= 11 is 0. The van der Waals surface area contributed by atoms with E-state index in [0.29, 0.717) is 5.92 Å². The van der Waals surface area contributed by atoms with E-state index < -0.39 is 0 Å². The zero-order valence-electron chi connectivity index (χ0n) is 8.47. The summed E-state index contributed by atoms with van der Waals surface area (Å²) in [7, 11) is 0. The molecule has 1 unspecified atom stereocenters. The van der Waals surface area contributed by atoms with Gasteiger partial charge in [-0.2, -0.15) is 5.10 Å². The molecule has 15 heavy (non-hydrogen) atoms. The van der Waals surface area contributed by atoms with E-state index in [-0.39, 0.29) is 0 Å². The highest BCUT2D eigenvalue weighted by Crippen LogP contribution is 2.16. The second kappa shape index (κ2) is 3.62. The number of nitrogens with zero attached hydrogens (tertiary/aromatic N) is 3. The number of pyridine rings is 1. The first-order valence-corrected chi connectivity index (χ1v) is 5.28. The van der Waals surface area contributed by atoms with Crippen LogP contribution in [-0.4, -0.2) is 28.0 Å². The fraction of sp³-hybridized carbons (Fsp3) is 0.455. The van der Waals surface area contributed by atoms with Crippen LogP contribution in [0.4, 0.5) is 0 Å². The lowest BCUT2D eigenvalue weighted by atomic mass is 10.1. The van der Waals surface area contributed by atoms with Gasteiger partial charge in [0.2, 0.25) is 0 Å². The third-order valence-electron chi connectivity index (χ3n) is 2.80. The second-order valence-electron chi connectivity index (χ2n) is 4.00. The molecule has 0 amide bonds. The summed E-state index contributed by atoms with van der Waals surface area (Å²) in [4.78, 5) is 4.21. The molecule has 0 N–H and O–H groups in total. The lowest BCUT2D eigenvalue weighted by molar-refractivity contribution is 0.181. The van der Waals surface area contributed by atoms with E-state index in [1.54, 1.807) is 6.20 Å². The minimum Gasteiger partial charge on any atom is -0.381 e. The van der Waals surface area contributed by atoms with Crippen LogP contribution in [0, 0.1) is 5.92 Å². The van der Waals surface area contributed by atoms with E-state index in [9.17, 15) is 0 Å². The Morgan fingerprint density at radius 1 is 1.53 bits per heavy atom. The van der Waals surface area contributed by atoms with Crippen LogP contribution in [0.15, 0.2) is 24.5 Å². The highest BCUT2D eigenvalue weighted by Gasteiger charge is 2.16. The molecule has 0 bridgehead atoms. The van der Waals surface area contributed by atoms with Crippen LogP contribution in [0.2, 0.25) is 0 Å². The topological polar surface area (TPSA) is 39.9 Å². The van der Waals surface area contributed by atoms with Crippen molar-refractivity contribution in [1.82, 2.24) is 14.8 Å². The van der Waals surface area contributed by atoms with Gasteiger partial charge in [0.15, 0.2) is 5.65 Å². The molecule has 4 nitrogen and oxygen atoms in total. The molecule has 1 aliphatic heterocycles. The van der Waals surface area contributed by atoms with Gasteiger partial charge in [-0.05, 0) is 18.6 Å². The monoisotopic (exact) mass is 203 g/mol. The van der Waals surface area contributed by atoms with Gasteiger partial charge in [-0.3, -0.25) is 4.68 Å². The second-order valence-corrected chi connectivity index (χ2v) is 4.00. The molecule has 0 radical (unpaired) electrons. The van der Waals surface area contributed by atoms with E-state index in [1.807, 2.05) is 16.8 Å². The van der Waals surface area contributed by atoms with Gasteiger partial charge in [0.05, 0.1) is 6.61 Å². The first-order valence-electron chi connectivity index (χ1n) is 5.28. The van der Waals surface area contributed by atoms with Crippen LogP contribution in [0.25, 0.3) is 11.0 Å². The minimum atomic E-state index is 0.610. The third-order valence-corrected chi connectivity index (χ3v) is 2.80. The third kappa shape index (κ3) is 1.72. The summed E-state index contributed by atoms with van der Waals surface area (Å²) in [5, 5.41) is 5.53. The summed E-state index contributed by atoms with van der Waals surface area (Å²) in [6, 6.07) is 3.98. The normalized spacial score (nSPS) is 21.2. The van der Waals surface area contributed by atoms with Gasteiger partial charge >= 0.3 is 0 Å². The van der Waals surface area contributed by atoms with Crippen LogP contribution in [0.1, 0.15) is 6.42 Å². The predicted octanol–water partition coefficient (Wildman–Crippen LogP) is 1.47. The quantitative estimate of drug-likeness (QED) is 0.742. The number of hydrogen-bond donors (Lipinski definition) is 0. The molecule has 0 aliphatic carbocycles. The first kappa shape index (κ1) is 8.85. The molecule has 2 aromatic heterocycles.